The van der Waals surface area contributed by atoms with Crippen LogP contribution in [0.3, 0.4) is 0 Å². The van der Waals surface area contributed by atoms with Crippen LogP contribution in [0, 0.1) is 11.8 Å². The third kappa shape index (κ3) is 5.95. The van der Waals surface area contributed by atoms with Gasteiger partial charge in [0.15, 0.2) is 0 Å². The van der Waals surface area contributed by atoms with E-state index < -0.39 is 24.1 Å². The molecule has 1 heterocycles. The fraction of sp³-hybridized carbons (Fsp3) is 0.833. The first-order chi connectivity index (χ1) is 12.1. The van der Waals surface area contributed by atoms with Gasteiger partial charge >= 0.3 is 5.97 Å². The van der Waals surface area contributed by atoms with Crippen molar-refractivity contribution in [1.29, 1.82) is 0 Å². The number of piperazine rings is 1. The highest BCUT2D eigenvalue weighted by molar-refractivity contribution is 5.92. The number of nitrogens with one attached hydrogen (secondary N) is 2. The Kier molecular flexibility index (Phi) is 8.49. The van der Waals surface area contributed by atoms with E-state index in [2.05, 4.69) is 29.4 Å². The van der Waals surface area contributed by atoms with Crippen molar-refractivity contribution in [3.63, 3.8) is 0 Å². The SMILES string of the molecule is CN[C@@H](C)C(=O)N[C@H](C(=O)N1CCN(CC(C)C)C[C@H]1C(=O)O)C(C)C. The molecule has 0 spiro atoms. The number of hydrogen-bond acceptors (Lipinski definition) is 5. The summed E-state index contributed by atoms with van der Waals surface area (Å²) in [5.41, 5.74) is 0. The van der Waals surface area contributed by atoms with Crippen LogP contribution in [-0.4, -0.2) is 84.0 Å². The Morgan fingerprint density at radius 1 is 1.12 bits per heavy atom. The molecule has 1 saturated heterocycles. The van der Waals surface area contributed by atoms with E-state index in [9.17, 15) is 19.5 Å². The van der Waals surface area contributed by atoms with E-state index in [1.54, 1.807) is 14.0 Å². The second-order valence-electron chi connectivity index (χ2n) is 7.78. The molecule has 2 amide bonds. The van der Waals surface area contributed by atoms with Gasteiger partial charge in [-0.1, -0.05) is 27.7 Å². The van der Waals surface area contributed by atoms with E-state index in [4.69, 9.17) is 0 Å². The maximum Gasteiger partial charge on any atom is 0.327 e. The van der Waals surface area contributed by atoms with Crippen LogP contribution >= 0.6 is 0 Å². The maximum atomic E-state index is 13.0. The summed E-state index contributed by atoms with van der Waals surface area (Å²) in [7, 11) is 1.67. The maximum absolute atomic E-state index is 13.0. The Morgan fingerprint density at radius 2 is 1.73 bits per heavy atom. The predicted molar refractivity (Wildman–Crippen MR) is 99.7 cm³/mol. The predicted octanol–water partition coefficient (Wildman–Crippen LogP) is -0.0115. The van der Waals surface area contributed by atoms with Crippen LogP contribution in [0.1, 0.15) is 34.6 Å². The minimum absolute atomic E-state index is 0.140. The normalized spacial score (nSPS) is 20.9. The summed E-state index contributed by atoms with van der Waals surface area (Å²) in [6.07, 6.45) is 0. The van der Waals surface area contributed by atoms with Crippen molar-refractivity contribution in [3.8, 4) is 0 Å². The van der Waals surface area contributed by atoms with Crippen LogP contribution in [0.4, 0.5) is 0 Å². The molecular weight excluding hydrogens is 336 g/mol. The molecule has 3 atom stereocenters. The zero-order chi connectivity index (χ0) is 20.0. The van der Waals surface area contributed by atoms with Crippen LogP contribution in [0.25, 0.3) is 0 Å². The molecule has 0 aromatic rings. The summed E-state index contributed by atoms with van der Waals surface area (Å²) in [4.78, 5) is 40.5. The van der Waals surface area contributed by atoms with Gasteiger partial charge in [-0.25, -0.2) is 4.79 Å². The molecule has 1 fully saturated rings. The number of hydrogen-bond donors (Lipinski definition) is 3. The molecule has 0 aromatic carbocycles. The van der Waals surface area contributed by atoms with Crippen molar-refractivity contribution < 1.29 is 19.5 Å². The molecule has 0 bridgehead atoms. The lowest BCUT2D eigenvalue weighted by atomic mass is 10.00. The zero-order valence-electron chi connectivity index (χ0n) is 16.8. The Labute approximate surface area is 156 Å². The van der Waals surface area contributed by atoms with E-state index in [1.807, 2.05) is 13.8 Å². The number of carboxylic acid groups (broad SMARTS) is 1. The summed E-state index contributed by atoms with van der Waals surface area (Å²) in [6, 6.07) is -2.06. The van der Waals surface area contributed by atoms with E-state index >= 15 is 0 Å². The molecule has 8 nitrogen and oxygen atoms in total. The number of nitrogens with zero attached hydrogens (tertiary/aromatic N) is 2. The number of carboxylic acids is 1. The molecule has 0 aromatic heterocycles. The van der Waals surface area contributed by atoms with Crippen LogP contribution in [0.5, 0.6) is 0 Å². The van der Waals surface area contributed by atoms with Gasteiger partial charge in [-0.15, -0.1) is 0 Å². The first-order valence-electron chi connectivity index (χ1n) is 9.31. The second-order valence-corrected chi connectivity index (χ2v) is 7.78. The van der Waals surface area contributed by atoms with Crippen LogP contribution in [-0.2, 0) is 14.4 Å². The van der Waals surface area contributed by atoms with Crippen molar-refractivity contribution in [2.24, 2.45) is 11.8 Å². The summed E-state index contributed by atoms with van der Waals surface area (Å²) >= 11 is 0. The van der Waals surface area contributed by atoms with Gasteiger partial charge in [0.25, 0.3) is 0 Å². The summed E-state index contributed by atoms with van der Waals surface area (Å²) in [5, 5.41) is 15.2. The van der Waals surface area contributed by atoms with Crippen molar-refractivity contribution in [2.45, 2.75) is 52.7 Å². The largest absolute Gasteiger partial charge is 0.480 e. The fourth-order valence-corrected chi connectivity index (χ4v) is 3.10. The van der Waals surface area contributed by atoms with Crippen molar-refractivity contribution >= 4 is 17.8 Å². The van der Waals surface area contributed by atoms with Gasteiger partial charge in [-0.2, -0.15) is 0 Å². The van der Waals surface area contributed by atoms with Gasteiger partial charge < -0.3 is 20.6 Å². The fourth-order valence-electron chi connectivity index (χ4n) is 3.10. The topological polar surface area (TPSA) is 102 Å². The first-order valence-corrected chi connectivity index (χ1v) is 9.31. The lowest BCUT2D eigenvalue weighted by molar-refractivity contribution is -0.155. The molecule has 26 heavy (non-hydrogen) atoms. The molecule has 8 heteroatoms. The highest BCUT2D eigenvalue weighted by Crippen LogP contribution is 2.16. The Balaban J connectivity index is 2.92. The molecule has 0 unspecified atom stereocenters. The van der Waals surface area contributed by atoms with E-state index in [0.29, 0.717) is 25.6 Å². The average molecular weight is 370 g/mol. The van der Waals surface area contributed by atoms with Gasteiger partial charge in [-0.3, -0.25) is 14.5 Å². The number of aliphatic carboxylic acids is 1. The molecule has 0 saturated carbocycles. The van der Waals surface area contributed by atoms with Gasteiger partial charge in [0.05, 0.1) is 6.04 Å². The average Bonchev–Trinajstić information content (AvgIpc) is 2.57. The number of amides is 2. The lowest BCUT2D eigenvalue weighted by Gasteiger charge is -2.41. The summed E-state index contributed by atoms with van der Waals surface area (Å²) in [5.74, 6) is -1.32. The van der Waals surface area contributed by atoms with Crippen molar-refractivity contribution in [1.82, 2.24) is 20.4 Å². The minimum Gasteiger partial charge on any atom is -0.480 e. The molecule has 1 rings (SSSR count). The second kappa shape index (κ2) is 9.87. The van der Waals surface area contributed by atoms with Gasteiger partial charge in [0.1, 0.15) is 12.1 Å². The van der Waals surface area contributed by atoms with E-state index in [-0.39, 0.29) is 17.7 Å². The number of rotatable bonds is 8. The molecule has 0 radical (unpaired) electrons. The van der Waals surface area contributed by atoms with Gasteiger partial charge in [0, 0.05) is 26.2 Å². The molecule has 1 aliphatic rings. The number of carbonyl (C=O) groups excluding carboxylic acids is 2. The monoisotopic (exact) mass is 370 g/mol. The minimum atomic E-state index is -1.01. The molecular formula is C18H34N4O4. The van der Waals surface area contributed by atoms with Gasteiger partial charge in [-0.05, 0) is 25.8 Å². The molecule has 0 aliphatic carbocycles. The van der Waals surface area contributed by atoms with Crippen molar-refractivity contribution in [3.05, 3.63) is 0 Å². The van der Waals surface area contributed by atoms with Crippen LogP contribution < -0.4 is 10.6 Å². The third-order valence-electron chi connectivity index (χ3n) is 4.71. The van der Waals surface area contributed by atoms with Crippen LogP contribution in [0.15, 0.2) is 0 Å². The Hall–Kier alpha value is -1.67. The van der Waals surface area contributed by atoms with E-state index in [0.717, 1.165) is 6.54 Å². The first kappa shape index (κ1) is 22.4. The summed E-state index contributed by atoms with van der Waals surface area (Å²) in [6.45, 7) is 11.7. The highest BCUT2D eigenvalue weighted by Gasteiger charge is 2.39. The zero-order valence-corrected chi connectivity index (χ0v) is 16.8. The highest BCUT2D eigenvalue weighted by atomic mass is 16.4. The Morgan fingerprint density at radius 3 is 2.19 bits per heavy atom. The molecule has 1 aliphatic heterocycles. The smallest absolute Gasteiger partial charge is 0.327 e. The van der Waals surface area contributed by atoms with E-state index in [1.165, 1.54) is 4.90 Å². The third-order valence-corrected chi connectivity index (χ3v) is 4.71. The summed E-state index contributed by atoms with van der Waals surface area (Å²) < 4.78 is 0. The molecule has 150 valence electrons. The number of carbonyl (C=O) groups is 3. The van der Waals surface area contributed by atoms with Gasteiger partial charge in [0.2, 0.25) is 11.8 Å². The van der Waals surface area contributed by atoms with Crippen molar-refractivity contribution in [2.75, 3.05) is 33.2 Å². The standard InChI is InChI=1S/C18H34N4O4/c1-11(2)9-21-7-8-22(14(10-21)18(25)26)17(24)15(12(3)4)20-16(23)13(5)19-6/h11-15,19H,7-10H2,1-6H3,(H,20,23)(H,25,26)/t13-,14-,15-/m0/s1. The quantitative estimate of drug-likeness (QED) is 0.555. The lowest BCUT2D eigenvalue weighted by Crippen LogP contribution is -2.63. The van der Waals surface area contributed by atoms with Crippen LogP contribution in [0.2, 0.25) is 0 Å². The molecule has 3 N–H and O–H groups in total. The Bertz CT molecular complexity index is 509. The number of likely N-dealkylation sites (N-methyl/N-ethyl adjacent to an activating group) is 1.